The number of anilines is 1. The lowest BCUT2D eigenvalue weighted by Gasteiger charge is -2.06. The number of aromatic nitrogens is 2. The van der Waals surface area contributed by atoms with Gasteiger partial charge < -0.3 is 9.72 Å². The Labute approximate surface area is 141 Å². The van der Waals surface area contributed by atoms with E-state index in [-0.39, 0.29) is 12.3 Å². The molecular weight excluding hydrogens is 366 g/mol. The Kier molecular flexibility index (Phi) is 4.18. The molecule has 2 aromatic heterocycles. The Bertz CT molecular complexity index is 860. The number of rotatable bonds is 3. The molecular formula is C16H13BrClN3O. The first-order valence-corrected chi connectivity index (χ1v) is 7.87. The molecule has 1 N–H and O–H groups in total. The molecule has 0 bridgehead atoms. The van der Waals surface area contributed by atoms with Gasteiger partial charge in [-0.15, -0.1) is 0 Å². The first kappa shape index (κ1) is 15.1. The van der Waals surface area contributed by atoms with Gasteiger partial charge in [0.05, 0.1) is 17.1 Å². The zero-order chi connectivity index (χ0) is 15.7. The fourth-order valence-corrected chi connectivity index (χ4v) is 2.69. The molecule has 1 aromatic carbocycles. The Morgan fingerprint density at radius 3 is 2.91 bits per heavy atom. The van der Waals surface area contributed by atoms with E-state index in [1.165, 1.54) is 0 Å². The Hall–Kier alpha value is -1.85. The van der Waals surface area contributed by atoms with Gasteiger partial charge in [-0.25, -0.2) is 4.98 Å². The third kappa shape index (κ3) is 3.31. The maximum atomic E-state index is 12.1. The predicted octanol–water partition coefficient (Wildman–Crippen LogP) is 4.24. The molecule has 0 saturated carbocycles. The van der Waals surface area contributed by atoms with Gasteiger partial charge in [-0.3, -0.25) is 4.79 Å². The summed E-state index contributed by atoms with van der Waals surface area (Å²) in [6.45, 7) is 2.00. The third-order valence-electron chi connectivity index (χ3n) is 3.26. The third-order valence-corrected chi connectivity index (χ3v) is 4.34. The van der Waals surface area contributed by atoms with Crippen molar-refractivity contribution >= 4 is 44.8 Å². The summed E-state index contributed by atoms with van der Waals surface area (Å²) in [5.41, 5.74) is 3.35. The minimum atomic E-state index is -0.106. The number of hydrogen-bond acceptors (Lipinski definition) is 2. The average molecular weight is 379 g/mol. The number of benzene rings is 1. The summed E-state index contributed by atoms with van der Waals surface area (Å²) in [5.74, 6) is -0.106. The summed E-state index contributed by atoms with van der Waals surface area (Å²) in [4.78, 5) is 16.5. The molecule has 0 aliphatic carbocycles. The predicted molar refractivity (Wildman–Crippen MR) is 91.4 cm³/mol. The van der Waals surface area contributed by atoms with Gasteiger partial charge in [-0.1, -0.05) is 33.6 Å². The molecule has 22 heavy (non-hydrogen) atoms. The van der Waals surface area contributed by atoms with Crippen molar-refractivity contribution in [2.45, 2.75) is 13.3 Å². The highest BCUT2D eigenvalue weighted by molar-refractivity contribution is 9.10. The van der Waals surface area contributed by atoms with E-state index in [2.05, 4.69) is 26.2 Å². The molecule has 0 aliphatic rings. The molecule has 0 unspecified atom stereocenters. The number of aryl methyl sites for hydroxylation is 1. The quantitative estimate of drug-likeness (QED) is 0.741. The number of halogens is 2. The molecule has 3 aromatic rings. The lowest BCUT2D eigenvalue weighted by atomic mass is 10.2. The van der Waals surface area contributed by atoms with Gasteiger partial charge in [0.2, 0.25) is 5.91 Å². The smallest absolute Gasteiger partial charge is 0.230 e. The molecule has 2 heterocycles. The molecule has 0 saturated heterocycles. The molecule has 1 amide bonds. The summed E-state index contributed by atoms with van der Waals surface area (Å²) in [7, 11) is 0. The molecule has 0 radical (unpaired) electrons. The number of fused-ring (bicyclic) bond motifs is 1. The summed E-state index contributed by atoms with van der Waals surface area (Å²) in [6, 6.07) is 9.31. The monoisotopic (exact) mass is 377 g/mol. The highest BCUT2D eigenvalue weighted by atomic mass is 79.9. The lowest BCUT2D eigenvalue weighted by Crippen LogP contribution is -2.14. The minimum absolute atomic E-state index is 0.106. The maximum Gasteiger partial charge on any atom is 0.230 e. The van der Waals surface area contributed by atoms with Crippen molar-refractivity contribution in [3.05, 3.63) is 63.5 Å². The standard InChI is InChI=1S/C16H13BrClN3O/c1-10-2-4-12(6-14(10)17)20-16(22)7-13-9-21-8-11(18)3-5-15(21)19-13/h2-6,8-9H,7H2,1H3,(H,20,22). The summed E-state index contributed by atoms with van der Waals surface area (Å²) < 4.78 is 2.78. The SMILES string of the molecule is Cc1ccc(NC(=O)Cc2cn3cc(Cl)ccc3n2)cc1Br. The van der Waals surface area contributed by atoms with Gasteiger partial charge in [0, 0.05) is 22.6 Å². The molecule has 3 rings (SSSR count). The van der Waals surface area contributed by atoms with Gasteiger partial charge in [0.15, 0.2) is 0 Å². The highest BCUT2D eigenvalue weighted by Crippen LogP contribution is 2.20. The van der Waals surface area contributed by atoms with Crippen molar-refractivity contribution in [1.29, 1.82) is 0 Å². The normalized spacial score (nSPS) is 10.9. The topological polar surface area (TPSA) is 46.4 Å². The van der Waals surface area contributed by atoms with Gasteiger partial charge in [0.25, 0.3) is 0 Å². The van der Waals surface area contributed by atoms with Crippen molar-refractivity contribution < 1.29 is 4.79 Å². The zero-order valence-electron chi connectivity index (χ0n) is 11.8. The number of hydrogen-bond donors (Lipinski definition) is 1. The Morgan fingerprint density at radius 1 is 1.32 bits per heavy atom. The number of pyridine rings is 1. The van der Waals surface area contributed by atoms with E-state index >= 15 is 0 Å². The van der Waals surface area contributed by atoms with Crippen molar-refractivity contribution in [3.8, 4) is 0 Å². The van der Waals surface area contributed by atoms with Crippen molar-refractivity contribution in [2.24, 2.45) is 0 Å². The number of imidazole rings is 1. The van der Waals surface area contributed by atoms with Crippen molar-refractivity contribution in [3.63, 3.8) is 0 Å². The van der Waals surface area contributed by atoms with Gasteiger partial charge in [-0.05, 0) is 36.8 Å². The van der Waals surface area contributed by atoms with Crippen LogP contribution in [0.1, 0.15) is 11.3 Å². The Morgan fingerprint density at radius 2 is 2.14 bits per heavy atom. The van der Waals surface area contributed by atoms with Crippen molar-refractivity contribution in [1.82, 2.24) is 9.38 Å². The van der Waals surface area contributed by atoms with Gasteiger partial charge in [0.1, 0.15) is 5.65 Å². The summed E-state index contributed by atoms with van der Waals surface area (Å²) in [6.07, 6.45) is 3.79. The average Bonchev–Trinajstić information content (AvgIpc) is 2.84. The van der Waals surface area contributed by atoms with Crippen LogP contribution in [0.3, 0.4) is 0 Å². The molecule has 6 heteroatoms. The first-order chi connectivity index (χ1) is 10.5. The van der Waals surface area contributed by atoms with Crippen LogP contribution in [0.15, 0.2) is 47.2 Å². The fraction of sp³-hybridized carbons (Fsp3) is 0.125. The lowest BCUT2D eigenvalue weighted by molar-refractivity contribution is -0.115. The molecule has 112 valence electrons. The van der Waals surface area contributed by atoms with E-state index in [9.17, 15) is 4.79 Å². The van der Waals surface area contributed by atoms with E-state index in [0.29, 0.717) is 10.7 Å². The van der Waals surface area contributed by atoms with E-state index in [0.717, 1.165) is 21.4 Å². The molecule has 0 spiro atoms. The zero-order valence-corrected chi connectivity index (χ0v) is 14.1. The van der Waals surface area contributed by atoms with E-state index < -0.39 is 0 Å². The summed E-state index contributed by atoms with van der Waals surface area (Å²) in [5, 5.41) is 3.50. The van der Waals surface area contributed by atoms with Crippen LogP contribution in [0, 0.1) is 6.92 Å². The van der Waals surface area contributed by atoms with Crippen molar-refractivity contribution in [2.75, 3.05) is 5.32 Å². The van der Waals surface area contributed by atoms with Gasteiger partial charge >= 0.3 is 0 Å². The van der Waals surface area contributed by atoms with Crippen LogP contribution in [-0.4, -0.2) is 15.3 Å². The Balaban J connectivity index is 1.73. The van der Waals surface area contributed by atoms with Gasteiger partial charge in [-0.2, -0.15) is 0 Å². The van der Waals surface area contributed by atoms with Crippen LogP contribution in [0.4, 0.5) is 5.69 Å². The van der Waals surface area contributed by atoms with Crippen LogP contribution in [0.2, 0.25) is 5.02 Å². The number of nitrogens with one attached hydrogen (secondary N) is 1. The molecule has 0 fully saturated rings. The summed E-state index contributed by atoms with van der Waals surface area (Å²) >= 11 is 9.39. The van der Waals surface area contributed by atoms with Crippen LogP contribution >= 0.6 is 27.5 Å². The number of carbonyl (C=O) groups excluding carboxylic acids is 1. The highest BCUT2D eigenvalue weighted by Gasteiger charge is 2.09. The van der Waals surface area contributed by atoms with Crippen LogP contribution < -0.4 is 5.32 Å². The largest absolute Gasteiger partial charge is 0.326 e. The van der Waals surface area contributed by atoms with Crippen LogP contribution in [-0.2, 0) is 11.2 Å². The van der Waals surface area contributed by atoms with E-state index in [1.807, 2.05) is 41.8 Å². The maximum absolute atomic E-state index is 12.1. The molecule has 0 atom stereocenters. The van der Waals surface area contributed by atoms with E-state index in [1.54, 1.807) is 12.3 Å². The molecule has 0 aliphatic heterocycles. The fourth-order valence-electron chi connectivity index (χ4n) is 2.14. The van der Waals surface area contributed by atoms with Crippen LogP contribution in [0.5, 0.6) is 0 Å². The van der Waals surface area contributed by atoms with Crippen LogP contribution in [0.25, 0.3) is 5.65 Å². The number of amides is 1. The molecule has 4 nitrogen and oxygen atoms in total. The van der Waals surface area contributed by atoms with E-state index in [4.69, 9.17) is 11.6 Å². The second-order valence-electron chi connectivity index (χ2n) is 5.03. The minimum Gasteiger partial charge on any atom is -0.326 e. The second kappa shape index (κ2) is 6.10. The number of carbonyl (C=O) groups is 1. The number of nitrogens with zero attached hydrogens (tertiary/aromatic N) is 2. The first-order valence-electron chi connectivity index (χ1n) is 6.70. The second-order valence-corrected chi connectivity index (χ2v) is 6.32.